The van der Waals surface area contributed by atoms with Crippen LogP contribution in [-0.2, 0) is 0 Å². The lowest BCUT2D eigenvalue weighted by atomic mass is 9.83. The molecule has 0 radical (unpaired) electrons. The predicted molar refractivity (Wildman–Crippen MR) is 216 cm³/mol. The van der Waals surface area contributed by atoms with Crippen LogP contribution in [0.5, 0.6) is 0 Å². The summed E-state index contributed by atoms with van der Waals surface area (Å²) < 4.78 is 291. The molecule has 0 heteroatoms. The molecule has 0 spiro atoms. The maximum Gasteiger partial charge on any atom is 0.0636 e. The van der Waals surface area contributed by atoms with Crippen LogP contribution in [0.2, 0.25) is 0 Å². The monoisotopic (exact) mass is 664 g/mol. The number of rotatable bonds is 4. The van der Waals surface area contributed by atoms with Crippen molar-refractivity contribution in [2.45, 2.75) is 0 Å². The van der Waals surface area contributed by atoms with Crippen molar-refractivity contribution in [3.05, 3.63) is 193 Å². The van der Waals surface area contributed by atoms with Gasteiger partial charge in [0.15, 0.2) is 0 Å². The molecular formula is C50H32. The van der Waals surface area contributed by atoms with Crippen LogP contribution in [0, 0.1) is 0 Å². The third-order valence-corrected chi connectivity index (χ3v) is 8.00. The van der Waals surface area contributed by atoms with Gasteiger partial charge in [0.25, 0.3) is 0 Å². The van der Waals surface area contributed by atoms with Gasteiger partial charge in [-0.2, -0.15) is 0 Å². The van der Waals surface area contributed by atoms with Gasteiger partial charge in [0.05, 0.1) is 43.9 Å². The summed E-state index contributed by atoms with van der Waals surface area (Å²) in [6.45, 7) is 0. The van der Waals surface area contributed by atoms with E-state index < -0.39 is 292 Å². The first-order valence-corrected chi connectivity index (χ1v) is 14.8. The van der Waals surface area contributed by atoms with Crippen molar-refractivity contribution in [3.8, 4) is 44.5 Å². The standard InChI is InChI=1S/C50H32/c1-2-14-38-31-39(28-23-33(38)11-1)40-29-30-47-48(32-40)49(37-26-24-36(25-27-37)42-21-9-15-34-12-3-5-17-41(34)42)45-19-7-8-20-46(45)50(47)44-22-10-16-35-13-4-6-18-43(35)44/h1-32H/i1D,2D,3D,4D,5D,6D,7D,8D,9D,10D,11D,12D,13D,14D,15D,16D,17D,18D,19D,20D,21D,22D,23D,24D,25D,26D,27D,28D,29D,30D,31D,32D. The van der Waals surface area contributed by atoms with Crippen LogP contribution in [0.1, 0.15) is 43.9 Å². The Morgan fingerprint density at radius 2 is 0.700 bits per heavy atom. The minimum atomic E-state index is -1.22. The van der Waals surface area contributed by atoms with Gasteiger partial charge in [-0.25, -0.2) is 0 Å². The first kappa shape index (κ1) is 11.0. The van der Waals surface area contributed by atoms with E-state index in [2.05, 4.69) is 0 Å². The molecule has 0 aliphatic carbocycles. The Morgan fingerprint density at radius 3 is 1.42 bits per heavy atom. The largest absolute Gasteiger partial charge is 0.0636 e. The predicted octanol–water partition coefficient (Wildman–Crippen LogP) is 14.1. The van der Waals surface area contributed by atoms with Gasteiger partial charge < -0.3 is 0 Å². The first-order valence-electron chi connectivity index (χ1n) is 30.8. The highest BCUT2D eigenvalue weighted by atomic mass is 14.2. The van der Waals surface area contributed by atoms with Crippen molar-refractivity contribution < 1.29 is 43.9 Å². The molecule has 0 aromatic heterocycles. The van der Waals surface area contributed by atoms with E-state index in [1.807, 2.05) is 0 Å². The van der Waals surface area contributed by atoms with Crippen LogP contribution in [0.25, 0.3) is 98.4 Å². The SMILES string of the molecule is [2H]c1c([2H])c(-c2c3c([2H])c([2H])c([2H])c([2H])c3c(-c3c([2H])c([2H])c([2H])c4c([2H])c([2H])c([2H])c([2H])c34)c3c([2H])c([2H])c(-c4c([2H])c([2H])c5c([2H])c([2H])c([2H])c([2H])c5c4[2H])c([2H])c23)c([2H])c([2H])c1-c1c([2H])c([2H])c([2H])c2c([2H])c([2H])c([2H])c([2H])c12. The second kappa shape index (κ2) is 11.6. The molecule has 0 atom stereocenters. The molecule has 10 rings (SSSR count). The molecular weight excluding hydrogens is 601 g/mol. The van der Waals surface area contributed by atoms with Crippen molar-refractivity contribution in [3.63, 3.8) is 0 Å². The molecule has 0 aliphatic heterocycles. The fourth-order valence-electron chi connectivity index (χ4n) is 5.81. The van der Waals surface area contributed by atoms with Crippen LogP contribution in [-0.4, -0.2) is 0 Å². The Balaban J connectivity index is 1.56. The fraction of sp³-hybridized carbons (Fsp3) is 0. The third kappa shape index (κ3) is 4.61. The average molecular weight is 665 g/mol. The molecule has 0 saturated carbocycles. The van der Waals surface area contributed by atoms with Gasteiger partial charge >= 0.3 is 0 Å². The summed E-state index contributed by atoms with van der Waals surface area (Å²) in [5.41, 5.74) is -7.22. The molecule has 0 saturated heterocycles. The number of fused-ring (bicyclic) bond motifs is 5. The van der Waals surface area contributed by atoms with Crippen molar-refractivity contribution in [1.82, 2.24) is 0 Å². The molecule has 232 valence electrons. The third-order valence-electron chi connectivity index (χ3n) is 8.00. The summed E-state index contributed by atoms with van der Waals surface area (Å²) in [4.78, 5) is 0. The zero-order chi connectivity index (χ0) is 60.9. The molecule has 0 fully saturated rings. The highest BCUT2D eigenvalue weighted by molar-refractivity contribution is 6.24. The van der Waals surface area contributed by atoms with Crippen LogP contribution in [0.4, 0.5) is 0 Å². The lowest BCUT2D eigenvalue weighted by Crippen LogP contribution is -1.93. The van der Waals surface area contributed by atoms with E-state index in [4.69, 9.17) is 26.0 Å². The lowest BCUT2D eigenvalue weighted by Gasteiger charge is -2.20. The van der Waals surface area contributed by atoms with Crippen LogP contribution in [0.15, 0.2) is 193 Å². The molecule has 0 N–H and O–H groups in total. The summed E-state index contributed by atoms with van der Waals surface area (Å²) in [5, 5.41) is -7.72. The second-order valence-corrected chi connectivity index (χ2v) is 10.8. The Bertz CT molecular complexity index is 4710. The van der Waals surface area contributed by atoms with E-state index >= 15 is 0 Å². The van der Waals surface area contributed by atoms with E-state index in [9.17, 15) is 17.8 Å². The van der Waals surface area contributed by atoms with E-state index in [-0.39, 0.29) is 0 Å². The molecule has 0 heterocycles. The van der Waals surface area contributed by atoms with Crippen molar-refractivity contribution in [2.24, 2.45) is 0 Å². The molecule has 10 aromatic rings. The highest BCUT2D eigenvalue weighted by Crippen LogP contribution is 2.46. The van der Waals surface area contributed by atoms with Gasteiger partial charge in [-0.15, -0.1) is 0 Å². The van der Waals surface area contributed by atoms with Crippen molar-refractivity contribution in [2.75, 3.05) is 0 Å². The Morgan fingerprint density at radius 1 is 0.240 bits per heavy atom. The normalized spacial score (nSPS) is 20.6. The summed E-state index contributed by atoms with van der Waals surface area (Å²) in [6, 6.07) is -32.6. The molecule has 50 heavy (non-hydrogen) atoms. The molecule has 0 unspecified atom stereocenters. The molecule has 0 bridgehead atoms. The van der Waals surface area contributed by atoms with Crippen LogP contribution < -0.4 is 0 Å². The van der Waals surface area contributed by atoms with Crippen LogP contribution >= 0.6 is 0 Å². The average Bonchev–Trinajstić information content (AvgIpc) is 3.61. The fourth-order valence-corrected chi connectivity index (χ4v) is 5.81. The second-order valence-electron chi connectivity index (χ2n) is 10.8. The van der Waals surface area contributed by atoms with Gasteiger partial charge in [0.2, 0.25) is 0 Å². The van der Waals surface area contributed by atoms with Gasteiger partial charge in [0, 0.05) is 0 Å². The molecule has 0 nitrogen and oxygen atoms in total. The Kier molecular flexibility index (Phi) is 2.55. The summed E-state index contributed by atoms with van der Waals surface area (Å²) in [5.74, 6) is 0. The maximum atomic E-state index is 10.2. The lowest BCUT2D eigenvalue weighted by molar-refractivity contribution is 1.63. The summed E-state index contributed by atoms with van der Waals surface area (Å²) in [6.07, 6.45) is 0. The highest BCUT2D eigenvalue weighted by Gasteiger charge is 2.19. The van der Waals surface area contributed by atoms with E-state index in [0.29, 0.717) is 0 Å². The van der Waals surface area contributed by atoms with Crippen molar-refractivity contribution in [1.29, 1.82) is 0 Å². The maximum absolute atomic E-state index is 10.2. The molecule has 0 amide bonds. The van der Waals surface area contributed by atoms with E-state index in [1.165, 1.54) is 0 Å². The minimum absolute atomic E-state index is 0.638. The van der Waals surface area contributed by atoms with Crippen LogP contribution in [0.3, 0.4) is 0 Å². The molecule has 0 aliphatic rings. The number of benzene rings is 10. The zero-order valence-electron chi connectivity index (χ0n) is 57.0. The Labute approximate surface area is 336 Å². The van der Waals surface area contributed by atoms with E-state index in [0.717, 1.165) is 0 Å². The van der Waals surface area contributed by atoms with Gasteiger partial charge in [-0.3, -0.25) is 0 Å². The first-order chi connectivity index (χ1) is 38.1. The number of hydrogen-bond acceptors (Lipinski definition) is 0. The topological polar surface area (TPSA) is 0 Å². The van der Waals surface area contributed by atoms with E-state index in [1.54, 1.807) is 0 Å². The summed E-state index contributed by atoms with van der Waals surface area (Å²) >= 11 is 0. The smallest absolute Gasteiger partial charge is 0.0616 e. The van der Waals surface area contributed by atoms with Gasteiger partial charge in [-0.1, -0.05) is 181 Å². The van der Waals surface area contributed by atoms with Gasteiger partial charge in [-0.05, 0) is 110 Å². The Hall–Kier alpha value is -6.50. The van der Waals surface area contributed by atoms with Gasteiger partial charge in [0.1, 0.15) is 0 Å². The van der Waals surface area contributed by atoms with Crippen molar-refractivity contribution >= 4 is 53.9 Å². The number of hydrogen-bond donors (Lipinski definition) is 0. The minimum Gasteiger partial charge on any atom is -0.0616 e. The zero-order valence-corrected chi connectivity index (χ0v) is 25.0. The molecule has 10 aromatic carbocycles. The quantitative estimate of drug-likeness (QED) is 0.164. The summed E-state index contributed by atoms with van der Waals surface area (Å²) in [7, 11) is 0.